The van der Waals surface area contributed by atoms with Crippen LogP contribution in [0.4, 0.5) is 0 Å². The van der Waals surface area contributed by atoms with Crippen LogP contribution in [-0.4, -0.2) is 38.5 Å². The number of hydrogen-bond acceptors (Lipinski definition) is 4. The summed E-state index contributed by atoms with van der Waals surface area (Å²) in [6.07, 6.45) is 5.05. The first-order valence-electron chi connectivity index (χ1n) is 12.4. The molecule has 0 saturated heterocycles. The van der Waals surface area contributed by atoms with Gasteiger partial charge in [-0.05, 0) is 31.4 Å². The third-order valence-corrected chi connectivity index (χ3v) is 6.80. The maximum atomic E-state index is 13.6. The van der Waals surface area contributed by atoms with Gasteiger partial charge >= 0.3 is 0 Å². The van der Waals surface area contributed by atoms with Gasteiger partial charge in [-0.15, -0.1) is 0 Å². The molecule has 8 nitrogen and oxygen atoms in total. The molecule has 37 heavy (non-hydrogen) atoms. The summed E-state index contributed by atoms with van der Waals surface area (Å²) < 4.78 is 1.83. The van der Waals surface area contributed by atoms with E-state index in [-0.39, 0.29) is 23.2 Å². The van der Waals surface area contributed by atoms with Crippen molar-refractivity contribution in [2.45, 2.75) is 38.4 Å². The van der Waals surface area contributed by atoms with Crippen LogP contribution in [0.3, 0.4) is 0 Å². The van der Waals surface area contributed by atoms with E-state index in [0.717, 1.165) is 35.4 Å². The molecule has 2 aromatic carbocycles. The second-order valence-corrected chi connectivity index (χ2v) is 9.43. The Morgan fingerprint density at radius 3 is 2.38 bits per heavy atom. The van der Waals surface area contributed by atoms with Gasteiger partial charge in [0.15, 0.2) is 0 Å². The van der Waals surface area contributed by atoms with E-state index in [9.17, 15) is 14.4 Å². The van der Waals surface area contributed by atoms with Gasteiger partial charge in [0.25, 0.3) is 11.8 Å². The Labute approximate surface area is 215 Å². The van der Waals surface area contributed by atoms with Crippen molar-refractivity contribution >= 4 is 11.8 Å². The van der Waals surface area contributed by atoms with Gasteiger partial charge < -0.3 is 14.8 Å². The van der Waals surface area contributed by atoms with Crippen molar-refractivity contribution in [2.75, 3.05) is 7.05 Å². The van der Waals surface area contributed by atoms with Crippen molar-refractivity contribution in [1.82, 2.24) is 25.0 Å². The molecule has 1 atom stereocenters. The highest BCUT2D eigenvalue weighted by Gasteiger charge is 2.29. The maximum absolute atomic E-state index is 13.6. The molecule has 1 aliphatic rings. The molecule has 0 radical (unpaired) electrons. The lowest BCUT2D eigenvalue weighted by atomic mass is 10.1. The van der Waals surface area contributed by atoms with Gasteiger partial charge in [-0.25, -0.2) is 0 Å². The van der Waals surface area contributed by atoms with E-state index in [4.69, 9.17) is 0 Å². The highest BCUT2D eigenvalue weighted by molar-refractivity contribution is 5.99. The Kier molecular flexibility index (Phi) is 6.72. The van der Waals surface area contributed by atoms with Crippen LogP contribution in [0.25, 0.3) is 11.3 Å². The second-order valence-electron chi connectivity index (χ2n) is 9.43. The molecule has 2 amide bonds. The van der Waals surface area contributed by atoms with Crippen LogP contribution >= 0.6 is 0 Å². The molecule has 188 valence electrons. The van der Waals surface area contributed by atoms with Crippen LogP contribution in [-0.2, 0) is 6.54 Å². The lowest BCUT2D eigenvalue weighted by molar-refractivity contribution is 0.0737. The molecular weight excluding hydrogens is 466 g/mol. The predicted octanol–water partition coefficient (Wildman–Crippen LogP) is 4.34. The Hall–Kier alpha value is -4.46. The average Bonchev–Trinajstić information content (AvgIpc) is 3.67. The van der Waals surface area contributed by atoms with Gasteiger partial charge in [-0.2, -0.15) is 5.10 Å². The smallest absolute Gasteiger partial charge is 0.259 e. The minimum Gasteiger partial charge on any atom is -0.349 e. The van der Waals surface area contributed by atoms with Gasteiger partial charge in [0.1, 0.15) is 11.1 Å². The molecule has 2 heterocycles. The lowest BCUT2D eigenvalue weighted by Crippen LogP contribution is -2.37. The first-order chi connectivity index (χ1) is 17.9. The zero-order valence-corrected chi connectivity index (χ0v) is 20.8. The fraction of sp³-hybridized carbons (Fsp3) is 0.241. The molecular formula is C29H29N5O3. The molecule has 8 heteroatoms. The van der Waals surface area contributed by atoms with Crippen molar-refractivity contribution in [1.29, 1.82) is 0 Å². The van der Waals surface area contributed by atoms with Crippen LogP contribution in [0.5, 0.6) is 0 Å². The molecule has 1 fully saturated rings. The quantitative estimate of drug-likeness (QED) is 0.380. The van der Waals surface area contributed by atoms with E-state index in [1.807, 2.05) is 78.2 Å². The molecule has 1 aliphatic carbocycles. The minimum absolute atomic E-state index is 0.0172. The summed E-state index contributed by atoms with van der Waals surface area (Å²) in [7, 11) is 1.65. The highest BCUT2D eigenvalue weighted by Crippen LogP contribution is 2.35. The molecule has 2 aromatic heterocycles. The number of benzene rings is 2. The number of pyridine rings is 1. The lowest BCUT2D eigenvalue weighted by Gasteiger charge is -2.24. The van der Waals surface area contributed by atoms with Gasteiger partial charge in [-0.1, -0.05) is 60.7 Å². The van der Waals surface area contributed by atoms with Crippen LogP contribution < -0.4 is 10.7 Å². The Morgan fingerprint density at radius 1 is 1.05 bits per heavy atom. The van der Waals surface area contributed by atoms with Crippen molar-refractivity contribution in [3.8, 4) is 11.3 Å². The summed E-state index contributed by atoms with van der Waals surface area (Å²) in [6, 6.07) is 21.0. The number of hydrogen-bond donors (Lipinski definition) is 2. The standard InChI is InChI=1S/C29H29N5O3/c1-19(25-15-26(32-31-25)21-11-7-4-8-12-21)33(2)29(37)24-18-34(22-13-14-22)17-23(27(24)35)28(36)30-16-20-9-5-3-6-10-20/h3-12,15,17-19,22H,13-14,16H2,1-2H3,(H,30,36)(H,31,32)/t19-/m0/s1. The predicted molar refractivity (Wildman–Crippen MR) is 141 cm³/mol. The highest BCUT2D eigenvalue weighted by atomic mass is 16.2. The maximum Gasteiger partial charge on any atom is 0.259 e. The Morgan fingerprint density at radius 2 is 1.70 bits per heavy atom. The number of carbonyl (C=O) groups is 2. The topological polar surface area (TPSA) is 100 Å². The van der Waals surface area contributed by atoms with E-state index < -0.39 is 17.2 Å². The fourth-order valence-electron chi connectivity index (χ4n) is 4.25. The molecule has 0 spiro atoms. The number of carbonyl (C=O) groups excluding carboxylic acids is 2. The molecule has 0 aliphatic heterocycles. The van der Waals surface area contributed by atoms with Crippen LogP contribution in [0.1, 0.15) is 63.8 Å². The molecule has 0 bridgehead atoms. The van der Waals surface area contributed by atoms with Crippen LogP contribution in [0.15, 0.2) is 83.9 Å². The van der Waals surface area contributed by atoms with Gasteiger partial charge in [0.2, 0.25) is 5.43 Å². The fourth-order valence-corrected chi connectivity index (χ4v) is 4.25. The average molecular weight is 496 g/mol. The van der Waals surface area contributed by atoms with Crippen LogP contribution in [0, 0.1) is 0 Å². The van der Waals surface area contributed by atoms with Crippen molar-refractivity contribution < 1.29 is 9.59 Å². The summed E-state index contributed by atoms with van der Waals surface area (Å²) in [4.78, 5) is 41.4. The Bertz CT molecular complexity index is 1470. The number of H-pyrrole nitrogens is 1. The van der Waals surface area contributed by atoms with Gasteiger partial charge in [0, 0.05) is 37.6 Å². The first-order valence-corrected chi connectivity index (χ1v) is 12.4. The summed E-state index contributed by atoms with van der Waals surface area (Å²) in [6.45, 7) is 2.16. The van der Waals surface area contributed by atoms with Gasteiger partial charge in [-0.3, -0.25) is 19.5 Å². The van der Waals surface area contributed by atoms with E-state index in [1.165, 1.54) is 4.90 Å². The molecule has 4 aromatic rings. The van der Waals surface area contributed by atoms with E-state index in [2.05, 4.69) is 15.5 Å². The number of nitrogens with zero attached hydrogens (tertiary/aromatic N) is 3. The van der Waals surface area contributed by atoms with Gasteiger partial charge in [0.05, 0.1) is 17.4 Å². The zero-order chi connectivity index (χ0) is 25.9. The van der Waals surface area contributed by atoms with Crippen LogP contribution in [0.2, 0.25) is 0 Å². The molecule has 5 rings (SSSR count). The zero-order valence-electron chi connectivity index (χ0n) is 20.8. The number of aromatic amines is 1. The normalized spacial score (nSPS) is 13.7. The second kappa shape index (κ2) is 10.3. The summed E-state index contributed by atoms with van der Waals surface area (Å²) in [5.41, 5.74) is 2.80. The Balaban J connectivity index is 1.39. The number of rotatable bonds is 8. The minimum atomic E-state index is -0.568. The van der Waals surface area contributed by atoms with Crippen molar-refractivity contribution in [3.05, 3.63) is 112 Å². The number of amides is 2. The monoisotopic (exact) mass is 495 g/mol. The number of nitrogens with one attached hydrogen (secondary N) is 2. The molecule has 1 saturated carbocycles. The summed E-state index contributed by atoms with van der Waals surface area (Å²) >= 11 is 0. The van der Waals surface area contributed by atoms with Crippen molar-refractivity contribution in [2.24, 2.45) is 0 Å². The van der Waals surface area contributed by atoms with E-state index in [0.29, 0.717) is 6.54 Å². The van der Waals surface area contributed by atoms with Crippen molar-refractivity contribution in [3.63, 3.8) is 0 Å². The third kappa shape index (κ3) is 5.23. The SMILES string of the molecule is C[C@@H](c1cc(-c2ccccc2)n[nH]1)N(C)C(=O)c1cn(C2CC2)cc(C(=O)NCc2ccccc2)c1=O. The third-order valence-electron chi connectivity index (χ3n) is 6.80. The first kappa shape index (κ1) is 24.2. The molecule has 2 N–H and O–H groups in total. The summed E-state index contributed by atoms with van der Waals surface area (Å²) in [5.74, 6) is -0.935. The molecule has 0 unspecified atom stereocenters. The van der Waals surface area contributed by atoms with E-state index in [1.54, 1.807) is 19.4 Å². The summed E-state index contributed by atoms with van der Waals surface area (Å²) in [5, 5.41) is 10.2. The number of aromatic nitrogens is 3. The van der Waals surface area contributed by atoms with E-state index >= 15 is 0 Å². The largest absolute Gasteiger partial charge is 0.349 e.